The fourth-order valence-electron chi connectivity index (χ4n) is 2.14. The summed E-state index contributed by atoms with van der Waals surface area (Å²) in [7, 11) is 1.68. The van der Waals surface area contributed by atoms with Crippen LogP contribution in [0, 0.1) is 0 Å². The molecule has 1 atom stereocenters. The third kappa shape index (κ3) is 2.82. The molecule has 1 saturated heterocycles. The Morgan fingerprint density at radius 1 is 1.61 bits per heavy atom. The Morgan fingerprint density at radius 3 is 3.00 bits per heavy atom. The molecule has 0 radical (unpaired) electrons. The van der Waals surface area contributed by atoms with Gasteiger partial charge in [-0.15, -0.1) is 0 Å². The van der Waals surface area contributed by atoms with Gasteiger partial charge in [-0.2, -0.15) is 0 Å². The van der Waals surface area contributed by atoms with Crippen molar-refractivity contribution in [1.29, 1.82) is 0 Å². The molecular formula is C13H17ClN2O2. The number of methoxy groups -OCH3 is 1. The predicted molar refractivity (Wildman–Crippen MR) is 69.9 cm³/mol. The van der Waals surface area contributed by atoms with E-state index in [-0.39, 0.29) is 12.0 Å². The van der Waals surface area contributed by atoms with Crippen molar-refractivity contribution in [1.82, 2.24) is 9.88 Å². The predicted octanol–water partition coefficient (Wildman–Crippen LogP) is 2.16. The molecule has 1 amide bonds. The topological polar surface area (TPSA) is 42.4 Å². The Balaban J connectivity index is 2.16. The summed E-state index contributed by atoms with van der Waals surface area (Å²) < 4.78 is 5.26. The second-order valence-corrected chi connectivity index (χ2v) is 4.81. The van der Waals surface area contributed by atoms with Gasteiger partial charge in [-0.05, 0) is 25.0 Å². The van der Waals surface area contributed by atoms with Crippen LogP contribution in [0.25, 0.3) is 0 Å². The molecule has 1 unspecified atom stereocenters. The fourth-order valence-corrected chi connectivity index (χ4v) is 2.37. The van der Waals surface area contributed by atoms with Gasteiger partial charge in [-0.1, -0.05) is 18.5 Å². The highest BCUT2D eigenvalue weighted by molar-refractivity contribution is 6.29. The van der Waals surface area contributed by atoms with Crippen LogP contribution in [0.1, 0.15) is 29.4 Å². The van der Waals surface area contributed by atoms with E-state index < -0.39 is 0 Å². The molecule has 1 aromatic heterocycles. The molecule has 2 heterocycles. The third-order valence-corrected chi connectivity index (χ3v) is 3.42. The van der Waals surface area contributed by atoms with Gasteiger partial charge >= 0.3 is 0 Å². The molecule has 18 heavy (non-hydrogen) atoms. The van der Waals surface area contributed by atoms with E-state index in [0.29, 0.717) is 17.3 Å². The summed E-state index contributed by atoms with van der Waals surface area (Å²) in [4.78, 5) is 18.3. The lowest BCUT2D eigenvalue weighted by Crippen LogP contribution is -2.30. The molecular weight excluding hydrogens is 252 g/mol. The van der Waals surface area contributed by atoms with Crippen molar-refractivity contribution >= 4 is 17.5 Å². The van der Waals surface area contributed by atoms with Crippen LogP contribution < -0.4 is 0 Å². The molecule has 0 N–H and O–H groups in total. The van der Waals surface area contributed by atoms with Crippen molar-refractivity contribution in [3.63, 3.8) is 0 Å². The molecule has 0 aromatic carbocycles. The lowest BCUT2D eigenvalue weighted by atomic mass is 10.2. The second-order valence-electron chi connectivity index (χ2n) is 4.42. The number of nitrogens with zero attached hydrogens (tertiary/aromatic N) is 2. The minimum Gasteiger partial charge on any atom is -0.380 e. The molecule has 1 aliphatic heterocycles. The number of likely N-dealkylation sites (tertiary alicyclic amines) is 1. The molecule has 1 fully saturated rings. The van der Waals surface area contributed by atoms with E-state index in [1.54, 1.807) is 18.1 Å². The standard InChI is InChI=1S/C13H17ClN2O2/c1-3-10-6-9(7-12(14)15-10)13(17)16-5-4-11(8-16)18-2/h6-7,11H,3-5,8H2,1-2H3. The van der Waals surface area contributed by atoms with E-state index >= 15 is 0 Å². The smallest absolute Gasteiger partial charge is 0.254 e. The van der Waals surface area contributed by atoms with E-state index in [9.17, 15) is 4.79 Å². The Hall–Kier alpha value is -1.13. The zero-order valence-electron chi connectivity index (χ0n) is 10.6. The number of amides is 1. The summed E-state index contributed by atoms with van der Waals surface area (Å²) in [6, 6.07) is 3.44. The van der Waals surface area contributed by atoms with Crippen LogP contribution in [-0.4, -0.2) is 42.1 Å². The maximum atomic E-state index is 12.3. The van der Waals surface area contributed by atoms with Crippen LogP contribution in [0.4, 0.5) is 0 Å². The minimum absolute atomic E-state index is 0.00792. The average molecular weight is 269 g/mol. The zero-order valence-corrected chi connectivity index (χ0v) is 11.4. The first-order valence-electron chi connectivity index (χ1n) is 6.12. The maximum Gasteiger partial charge on any atom is 0.254 e. The van der Waals surface area contributed by atoms with Crippen molar-refractivity contribution in [2.45, 2.75) is 25.9 Å². The van der Waals surface area contributed by atoms with E-state index in [1.807, 2.05) is 13.0 Å². The monoisotopic (exact) mass is 268 g/mol. The van der Waals surface area contributed by atoms with Gasteiger partial charge in [0.15, 0.2) is 0 Å². The van der Waals surface area contributed by atoms with Crippen LogP contribution in [0.5, 0.6) is 0 Å². The van der Waals surface area contributed by atoms with Crippen molar-refractivity contribution < 1.29 is 9.53 Å². The first-order chi connectivity index (χ1) is 8.63. The first-order valence-corrected chi connectivity index (χ1v) is 6.50. The summed E-state index contributed by atoms with van der Waals surface area (Å²) in [5, 5.41) is 0.375. The number of carbonyl (C=O) groups is 1. The lowest BCUT2D eigenvalue weighted by molar-refractivity contribution is 0.0724. The average Bonchev–Trinajstić information content (AvgIpc) is 2.85. The van der Waals surface area contributed by atoms with E-state index in [4.69, 9.17) is 16.3 Å². The largest absolute Gasteiger partial charge is 0.380 e. The summed E-state index contributed by atoms with van der Waals surface area (Å²) in [5.74, 6) is 0.00792. The molecule has 0 spiro atoms. The number of halogens is 1. The highest BCUT2D eigenvalue weighted by atomic mass is 35.5. The van der Waals surface area contributed by atoms with Crippen molar-refractivity contribution in [3.8, 4) is 0 Å². The summed E-state index contributed by atoms with van der Waals surface area (Å²) in [5.41, 5.74) is 1.46. The molecule has 98 valence electrons. The van der Waals surface area contributed by atoms with Crippen molar-refractivity contribution in [3.05, 3.63) is 28.5 Å². The Labute approximate surface area is 112 Å². The van der Waals surface area contributed by atoms with Crippen LogP contribution in [0.3, 0.4) is 0 Å². The maximum absolute atomic E-state index is 12.3. The third-order valence-electron chi connectivity index (χ3n) is 3.22. The Bertz CT molecular complexity index is 451. The van der Waals surface area contributed by atoms with Gasteiger partial charge in [0, 0.05) is 31.5 Å². The normalized spacial score (nSPS) is 19.3. The molecule has 4 nitrogen and oxygen atoms in total. The van der Waals surface area contributed by atoms with Crippen LogP contribution in [0.2, 0.25) is 5.15 Å². The lowest BCUT2D eigenvalue weighted by Gasteiger charge is -2.16. The molecule has 0 bridgehead atoms. The molecule has 0 aliphatic carbocycles. The number of hydrogen-bond acceptors (Lipinski definition) is 3. The van der Waals surface area contributed by atoms with Crippen molar-refractivity contribution in [2.24, 2.45) is 0 Å². The molecule has 1 aromatic rings. The van der Waals surface area contributed by atoms with Gasteiger partial charge in [-0.3, -0.25) is 4.79 Å². The fraction of sp³-hybridized carbons (Fsp3) is 0.538. The van der Waals surface area contributed by atoms with E-state index in [0.717, 1.165) is 25.1 Å². The summed E-state index contributed by atoms with van der Waals surface area (Å²) in [6.07, 6.45) is 1.81. The van der Waals surface area contributed by atoms with Crippen LogP contribution in [0.15, 0.2) is 12.1 Å². The van der Waals surface area contributed by atoms with Crippen LogP contribution >= 0.6 is 11.6 Å². The number of pyridine rings is 1. The van der Waals surface area contributed by atoms with Crippen LogP contribution in [-0.2, 0) is 11.2 Å². The number of aryl methyl sites for hydroxylation is 1. The molecule has 1 aliphatic rings. The van der Waals surface area contributed by atoms with Crippen molar-refractivity contribution in [2.75, 3.05) is 20.2 Å². The van der Waals surface area contributed by atoms with E-state index in [2.05, 4.69) is 4.98 Å². The molecule has 0 saturated carbocycles. The van der Waals surface area contributed by atoms with Gasteiger partial charge in [0.1, 0.15) is 5.15 Å². The minimum atomic E-state index is 0.00792. The number of hydrogen-bond donors (Lipinski definition) is 0. The van der Waals surface area contributed by atoms with Gasteiger partial charge in [-0.25, -0.2) is 4.98 Å². The van der Waals surface area contributed by atoms with E-state index in [1.165, 1.54) is 0 Å². The summed E-state index contributed by atoms with van der Waals surface area (Å²) in [6.45, 7) is 3.37. The van der Waals surface area contributed by atoms with Gasteiger partial charge in [0.2, 0.25) is 0 Å². The second kappa shape index (κ2) is 5.67. The Kier molecular flexibility index (Phi) is 4.19. The highest BCUT2D eigenvalue weighted by Crippen LogP contribution is 2.18. The first kappa shape index (κ1) is 13.3. The van der Waals surface area contributed by atoms with Gasteiger partial charge in [0.05, 0.1) is 6.10 Å². The number of carbonyl (C=O) groups excluding carboxylic acids is 1. The molecule has 5 heteroatoms. The number of rotatable bonds is 3. The molecule has 2 rings (SSSR count). The number of aromatic nitrogens is 1. The highest BCUT2D eigenvalue weighted by Gasteiger charge is 2.27. The SMILES string of the molecule is CCc1cc(C(=O)N2CCC(OC)C2)cc(Cl)n1. The number of ether oxygens (including phenoxy) is 1. The summed E-state index contributed by atoms with van der Waals surface area (Å²) >= 11 is 5.93. The van der Waals surface area contributed by atoms with Gasteiger partial charge in [0.25, 0.3) is 5.91 Å². The Morgan fingerprint density at radius 2 is 2.39 bits per heavy atom. The van der Waals surface area contributed by atoms with Gasteiger partial charge < -0.3 is 9.64 Å². The zero-order chi connectivity index (χ0) is 13.1. The quantitative estimate of drug-likeness (QED) is 0.789.